The zero-order valence-electron chi connectivity index (χ0n) is 12.9. The Morgan fingerprint density at radius 2 is 2.18 bits per heavy atom. The molecule has 122 valence electrons. The SMILES string of the molecule is CNC(=O)c1cccc(CCNC(=O)CC2CCCN2)c1.Cl. The van der Waals surface area contributed by atoms with E-state index in [4.69, 9.17) is 0 Å². The van der Waals surface area contributed by atoms with E-state index in [1.807, 2.05) is 18.2 Å². The molecule has 0 aliphatic carbocycles. The maximum atomic E-state index is 11.8. The molecule has 1 saturated heterocycles. The molecule has 22 heavy (non-hydrogen) atoms. The third-order valence-electron chi connectivity index (χ3n) is 3.75. The summed E-state index contributed by atoms with van der Waals surface area (Å²) < 4.78 is 0. The Labute approximate surface area is 137 Å². The van der Waals surface area contributed by atoms with Crippen molar-refractivity contribution in [2.24, 2.45) is 0 Å². The Morgan fingerprint density at radius 3 is 2.86 bits per heavy atom. The fourth-order valence-electron chi connectivity index (χ4n) is 2.59. The number of amides is 2. The van der Waals surface area contributed by atoms with Gasteiger partial charge in [0.25, 0.3) is 5.91 Å². The van der Waals surface area contributed by atoms with Crippen LogP contribution >= 0.6 is 12.4 Å². The van der Waals surface area contributed by atoms with Gasteiger partial charge in [-0.25, -0.2) is 0 Å². The molecule has 1 aromatic carbocycles. The van der Waals surface area contributed by atoms with Crippen LogP contribution in [-0.2, 0) is 11.2 Å². The molecule has 6 heteroatoms. The third-order valence-corrected chi connectivity index (χ3v) is 3.75. The average Bonchev–Trinajstić information content (AvgIpc) is 2.99. The van der Waals surface area contributed by atoms with Gasteiger partial charge in [-0.1, -0.05) is 12.1 Å². The average molecular weight is 326 g/mol. The van der Waals surface area contributed by atoms with Crippen LogP contribution in [0.1, 0.15) is 35.2 Å². The van der Waals surface area contributed by atoms with Crippen molar-refractivity contribution in [2.45, 2.75) is 31.7 Å². The first-order valence-electron chi connectivity index (χ1n) is 7.50. The van der Waals surface area contributed by atoms with Crippen LogP contribution in [0, 0.1) is 0 Å². The van der Waals surface area contributed by atoms with Gasteiger partial charge in [-0.15, -0.1) is 12.4 Å². The largest absolute Gasteiger partial charge is 0.356 e. The van der Waals surface area contributed by atoms with Crippen LogP contribution in [0.4, 0.5) is 0 Å². The minimum atomic E-state index is -0.0896. The van der Waals surface area contributed by atoms with Crippen molar-refractivity contribution in [3.8, 4) is 0 Å². The van der Waals surface area contributed by atoms with Crippen LogP contribution in [0.5, 0.6) is 0 Å². The van der Waals surface area contributed by atoms with Gasteiger partial charge in [0.05, 0.1) is 0 Å². The molecule has 0 spiro atoms. The highest BCUT2D eigenvalue weighted by Crippen LogP contribution is 2.08. The van der Waals surface area contributed by atoms with Gasteiger partial charge in [0.15, 0.2) is 0 Å². The maximum absolute atomic E-state index is 11.8. The summed E-state index contributed by atoms with van der Waals surface area (Å²) >= 11 is 0. The number of carbonyl (C=O) groups excluding carboxylic acids is 2. The van der Waals surface area contributed by atoms with Crippen LogP contribution in [-0.4, -0.2) is 38.0 Å². The van der Waals surface area contributed by atoms with Gasteiger partial charge in [-0.2, -0.15) is 0 Å². The second kappa shape index (κ2) is 9.43. The first-order chi connectivity index (χ1) is 10.2. The Hall–Kier alpha value is -1.59. The molecular weight excluding hydrogens is 302 g/mol. The van der Waals surface area contributed by atoms with E-state index in [9.17, 15) is 9.59 Å². The van der Waals surface area contributed by atoms with Crippen LogP contribution in [0.2, 0.25) is 0 Å². The van der Waals surface area contributed by atoms with Crippen LogP contribution in [0.25, 0.3) is 0 Å². The molecule has 5 nitrogen and oxygen atoms in total. The molecule has 1 aliphatic rings. The van der Waals surface area contributed by atoms with E-state index in [1.54, 1.807) is 13.1 Å². The van der Waals surface area contributed by atoms with Gasteiger partial charge < -0.3 is 16.0 Å². The summed E-state index contributed by atoms with van der Waals surface area (Å²) in [5.41, 5.74) is 1.70. The molecule has 2 amide bonds. The van der Waals surface area contributed by atoms with Gasteiger partial charge in [-0.05, 0) is 43.5 Å². The molecule has 0 radical (unpaired) electrons. The summed E-state index contributed by atoms with van der Waals surface area (Å²) in [5.74, 6) is 0.00468. The molecule has 1 heterocycles. The lowest BCUT2D eigenvalue weighted by Crippen LogP contribution is -2.32. The lowest BCUT2D eigenvalue weighted by Gasteiger charge is -2.10. The summed E-state index contributed by atoms with van der Waals surface area (Å²) in [4.78, 5) is 23.3. The van der Waals surface area contributed by atoms with Crippen molar-refractivity contribution in [3.05, 3.63) is 35.4 Å². The molecular formula is C16H24ClN3O2. The minimum absolute atomic E-state index is 0. The van der Waals surface area contributed by atoms with Crippen LogP contribution < -0.4 is 16.0 Å². The maximum Gasteiger partial charge on any atom is 0.251 e. The zero-order valence-corrected chi connectivity index (χ0v) is 13.7. The van der Waals surface area contributed by atoms with Gasteiger partial charge in [0, 0.05) is 31.6 Å². The van der Waals surface area contributed by atoms with Crippen molar-refractivity contribution in [3.63, 3.8) is 0 Å². The topological polar surface area (TPSA) is 70.2 Å². The van der Waals surface area contributed by atoms with Crippen molar-refractivity contribution in [1.82, 2.24) is 16.0 Å². The van der Waals surface area contributed by atoms with Crippen molar-refractivity contribution >= 4 is 24.2 Å². The molecule has 0 aromatic heterocycles. The first-order valence-corrected chi connectivity index (χ1v) is 7.50. The molecule has 1 unspecified atom stereocenters. The van der Waals surface area contributed by atoms with E-state index in [2.05, 4.69) is 16.0 Å². The van der Waals surface area contributed by atoms with E-state index in [-0.39, 0.29) is 24.2 Å². The van der Waals surface area contributed by atoms with Crippen LogP contribution in [0.15, 0.2) is 24.3 Å². The predicted molar refractivity (Wildman–Crippen MR) is 89.4 cm³/mol. The second-order valence-electron chi connectivity index (χ2n) is 5.38. The number of hydrogen-bond donors (Lipinski definition) is 3. The quantitative estimate of drug-likeness (QED) is 0.737. The summed E-state index contributed by atoms with van der Waals surface area (Å²) in [6, 6.07) is 7.82. The number of nitrogens with one attached hydrogen (secondary N) is 3. The van der Waals surface area contributed by atoms with E-state index in [1.165, 1.54) is 0 Å². The fraction of sp³-hybridized carbons (Fsp3) is 0.500. The monoisotopic (exact) mass is 325 g/mol. The molecule has 0 bridgehead atoms. The molecule has 1 aromatic rings. The number of rotatable bonds is 6. The highest BCUT2D eigenvalue weighted by atomic mass is 35.5. The predicted octanol–water partition coefficient (Wildman–Crippen LogP) is 1.27. The molecule has 1 fully saturated rings. The molecule has 2 rings (SSSR count). The number of hydrogen-bond acceptors (Lipinski definition) is 3. The molecule has 1 aliphatic heterocycles. The minimum Gasteiger partial charge on any atom is -0.356 e. The Balaban J connectivity index is 0.00000242. The number of halogens is 1. The van der Waals surface area contributed by atoms with Gasteiger partial charge >= 0.3 is 0 Å². The van der Waals surface area contributed by atoms with Gasteiger partial charge in [-0.3, -0.25) is 9.59 Å². The second-order valence-corrected chi connectivity index (χ2v) is 5.38. The van der Waals surface area contributed by atoms with E-state index < -0.39 is 0 Å². The van der Waals surface area contributed by atoms with Crippen molar-refractivity contribution in [1.29, 1.82) is 0 Å². The Bertz CT molecular complexity index is 502. The molecule has 0 saturated carbocycles. The first kappa shape index (κ1) is 18.5. The summed E-state index contributed by atoms with van der Waals surface area (Å²) in [6.07, 6.45) is 3.53. The highest BCUT2D eigenvalue weighted by molar-refractivity contribution is 5.94. The zero-order chi connectivity index (χ0) is 15.1. The Kier molecular flexibility index (Phi) is 7.91. The lowest BCUT2D eigenvalue weighted by atomic mass is 10.1. The molecule has 1 atom stereocenters. The highest BCUT2D eigenvalue weighted by Gasteiger charge is 2.17. The number of carbonyl (C=O) groups is 2. The van der Waals surface area contributed by atoms with E-state index >= 15 is 0 Å². The van der Waals surface area contributed by atoms with Crippen molar-refractivity contribution < 1.29 is 9.59 Å². The van der Waals surface area contributed by atoms with E-state index in [0.717, 1.165) is 31.4 Å². The lowest BCUT2D eigenvalue weighted by molar-refractivity contribution is -0.121. The van der Waals surface area contributed by atoms with Crippen molar-refractivity contribution in [2.75, 3.05) is 20.1 Å². The normalized spacial score (nSPS) is 16.7. The summed E-state index contributed by atoms with van der Waals surface area (Å²) in [7, 11) is 1.62. The van der Waals surface area contributed by atoms with E-state index in [0.29, 0.717) is 24.6 Å². The molecule has 3 N–H and O–H groups in total. The van der Waals surface area contributed by atoms with Gasteiger partial charge in [0.2, 0.25) is 5.91 Å². The standard InChI is InChI=1S/C16H23N3O2.ClH/c1-17-16(21)13-5-2-4-12(10-13)7-9-19-15(20)11-14-6-3-8-18-14;/h2,4-5,10,14,18H,3,6-9,11H2,1H3,(H,17,21)(H,19,20);1H. The fourth-order valence-corrected chi connectivity index (χ4v) is 2.59. The van der Waals surface area contributed by atoms with Crippen LogP contribution in [0.3, 0.4) is 0 Å². The van der Waals surface area contributed by atoms with Gasteiger partial charge in [0.1, 0.15) is 0 Å². The third kappa shape index (κ3) is 5.66. The summed E-state index contributed by atoms with van der Waals surface area (Å²) in [6.45, 7) is 1.62. The summed E-state index contributed by atoms with van der Waals surface area (Å²) in [5, 5.41) is 8.87. The Morgan fingerprint density at radius 1 is 1.36 bits per heavy atom. The smallest absolute Gasteiger partial charge is 0.251 e. The number of benzene rings is 1.